The molecular formula is C10H10Cl2N4. The second kappa shape index (κ2) is 4.72. The van der Waals surface area contributed by atoms with Crippen molar-refractivity contribution >= 4 is 28.9 Å². The topological polar surface area (TPSA) is 42.7 Å². The Hall–Kier alpha value is -1.26. The first-order chi connectivity index (χ1) is 7.66. The molecule has 1 heterocycles. The van der Waals surface area contributed by atoms with E-state index in [2.05, 4.69) is 15.6 Å². The Kier molecular flexibility index (Phi) is 3.31. The standard InChI is InChI=1S/C10H10Cl2N4/c1-16-8(6-14-15-16)5-13-10-4-7(11)2-3-9(10)12/h2-4,6,13H,5H2,1H3. The number of hydrogen-bond donors (Lipinski definition) is 1. The predicted octanol–water partition coefficient (Wildman–Crippen LogP) is 2.73. The lowest BCUT2D eigenvalue weighted by Gasteiger charge is -2.08. The lowest BCUT2D eigenvalue weighted by Crippen LogP contribution is -2.05. The number of nitrogens with one attached hydrogen (secondary N) is 1. The molecule has 2 aromatic rings. The van der Waals surface area contributed by atoms with Crippen LogP contribution in [0.25, 0.3) is 0 Å². The van der Waals surface area contributed by atoms with Crippen molar-refractivity contribution in [1.82, 2.24) is 15.0 Å². The minimum atomic E-state index is 0.601. The van der Waals surface area contributed by atoms with Crippen LogP contribution in [0.2, 0.25) is 10.0 Å². The van der Waals surface area contributed by atoms with Crippen LogP contribution < -0.4 is 5.32 Å². The Balaban J connectivity index is 2.10. The molecule has 1 aromatic heterocycles. The van der Waals surface area contributed by atoms with E-state index in [-0.39, 0.29) is 0 Å². The summed E-state index contributed by atoms with van der Waals surface area (Å²) < 4.78 is 1.70. The van der Waals surface area contributed by atoms with E-state index in [0.717, 1.165) is 11.4 Å². The Labute approximate surface area is 103 Å². The highest BCUT2D eigenvalue weighted by atomic mass is 35.5. The summed E-state index contributed by atoms with van der Waals surface area (Å²) in [6.07, 6.45) is 1.70. The molecule has 0 atom stereocenters. The van der Waals surface area contributed by atoms with Gasteiger partial charge in [-0.1, -0.05) is 28.4 Å². The first-order valence-electron chi connectivity index (χ1n) is 4.69. The van der Waals surface area contributed by atoms with E-state index in [0.29, 0.717) is 16.6 Å². The van der Waals surface area contributed by atoms with Crippen LogP contribution in [0.15, 0.2) is 24.4 Å². The number of aromatic nitrogens is 3. The maximum absolute atomic E-state index is 6.02. The number of hydrogen-bond acceptors (Lipinski definition) is 3. The van der Waals surface area contributed by atoms with Crippen LogP contribution in [0.3, 0.4) is 0 Å². The average molecular weight is 257 g/mol. The monoisotopic (exact) mass is 256 g/mol. The van der Waals surface area contributed by atoms with Gasteiger partial charge in [0.2, 0.25) is 0 Å². The summed E-state index contributed by atoms with van der Waals surface area (Å²) in [6, 6.07) is 5.29. The van der Waals surface area contributed by atoms with Crippen molar-refractivity contribution < 1.29 is 0 Å². The molecule has 0 spiro atoms. The zero-order chi connectivity index (χ0) is 11.5. The minimum absolute atomic E-state index is 0.601. The first-order valence-corrected chi connectivity index (χ1v) is 5.45. The number of halogens is 2. The Morgan fingerprint density at radius 1 is 1.38 bits per heavy atom. The van der Waals surface area contributed by atoms with E-state index in [1.165, 1.54) is 0 Å². The molecule has 0 saturated heterocycles. The number of benzene rings is 1. The largest absolute Gasteiger partial charge is 0.378 e. The molecular weight excluding hydrogens is 247 g/mol. The average Bonchev–Trinajstić information content (AvgIpc) is 2.66. The van der Waals surface area contributed by atoms with Crippen LogP contribution >= 0.6 is 23.2 Å². The van der Waals surface area contributed by atoms with Crippen LogP contribution in [0, 0.1) is 0 Å². The molecule has 0 radical (unpaired) electrons. The summed E-state index contributed by atoms with van der Waals surface area (Å²) >= 11 is 11.9. The van der Waals surface area contributed by atoms with Gasteiger partial charge in [0.25, 0.3) is 0 Å². The van der Waals surface area contributed by atoms with Gasteiger partial charge in [0.1, 0.15) is 0 Å². The molecule has 0 bridgehead atoms. The van der Waals surface area contributed by atoms with Crippen molar-refractivity contribution in [2.24, 2.45) is 7.05 Å². The maximum Gasteiger partial charge on any atom is 0.0774 e. The van der Waals surface area contributed by atoms with Gasteiger partial charge in [-0.25, -0.2) is 0 Å². The zero-order valence-corrected chi connectivity index (χ0v) is 10.1. The second-order valence-corrected chi connectivity index (χ2v) is 4.17. The number of anilines is 1. The molecule has 6 heteroatoms. The summed E-state index contributed by atoms with van der Waals surface area (Å²) in [6.45, 7) is 0.601. The molecule has 0 fully saturated rings. The highest BCUT2D eigenvalue weighted by molar-refractivity contribution is 6.35. The Morgan fingerprint density at radius 2 is 2.19 bits per heavy atom. The van der Waals surface area contributed by atoms with Gasteiger partial charge in [-0.2, -0.15) is 0 Å². The van der Waals surface area contributed by atoms with Crippen molar-refractivity contribution in [2.75, 3.05) is 5.32 Å². The van der Waals surface area contributed by atoms with E-state index >= 15 is 0 Å². The number of nitrogens with zero attached hydrogens (tertiary/aromatic N) is 3. The lowest BCUT2D eigenvalue weighted by atomic mass is 10.3. The van der Waals surface area contributed by atoms with Gasteiger partial charge >= 0.3 is 0 Å². The summed E-state index contributed by atoms with van der Waals surface area (Å²) in [5.41, 5.74) is 1.77. The maximum atomic E-state index is 6.02. The predicted molar refractivity (Wildman–Crippen MR) is 64.8 cm³/mol. The first kappa shape index (κ1) is 11.2. The fourth-order valence-electron chi connectivity index (χ4n) is 1.29. The molecule has 0 saturated carbocycles. The van der Waals surface area contributed by atoms with Gasteiger partial charge in [-0.3, -0.25) is 4.68 Å². The lowest BCUT2D eigenvalue weighted by molar-refractivity contribution is 0.683. The minimum Gasteiger partial charge on any atom is -0.378 e. The molecule has 2 rings (SSSR count). The van der Waals surface area contributed by atoms with E-state index < -0.39 is 0 Å². The molecule has 84 valence electrons. The van der Waals surface area contributed by atoms with Gasteiger partial charge in [0, 0.05) is 12.1 Å². The number of rotatable bonds is 3. The Bertz CT molecular complexity index is 495. The molecule has 0 aliphatic rings. The van der Waals surface area contributed by atoms with Crippen LogP contribution in [-0.4, -0.2) is 15.0 Å². The zero-order valence-electron chi connectivity index (χ0n) is 8.61. The van der Waals surface area contributed by atoms with Gasteiger partial charge in [0.05, 0.1) is 29.1 Å². The Morgan fingerprint density at radius 3 is 2.88 bits per heavy atom. The summed E-state index contributed by atoms with van der Waals surface area (Å²) in [7, 11) is 1.84. The molecule has 0 unspecified atom stereocenters. The number of aryl methyl sites for hydroxylation is 1. The molecule has 16 heavy (non-hydrogen) atoms. The van der Waals surface area contributed by atoms with Crippen LogP contribution in [-0.2, 0) is 13.6 Å². The molecule has 1 N–H and O–H groups in total. The summed E-state index contributed by atoms with van der Waals surface area (Å²) in [5.74, 6) is 0. The van der Waals surface area contributed by atoms with Crippen molar-refractivity contribution in [1.29, 1.82) is 0 Å². The normalized spacial score (nSPS) is 10.4. The van der Waals surface area contributed by atoms with Crippen molar-refractivity contribution in [3.05, 3.63) is 40.1 Å². The highest BCUT2D eigenvalue weighted by Crippen LogP contribution is 2.25. The summed E-state index contributed by atoms with van der Waals surface area (Å²) in [5, 5.41) is 12.1. The third-order valence-corrected chi connectivity index (χ3v) is 2.76. The van der Waals surface area contributed by atoms with Gasteiger partial charge in [-0.05, 0) is 18.2 Å². The van der Waals surface area contributed by atoms with Crippen molar-refractivity contribution in [2.45, 2.75) is 6.54 Å². The van der Waals surface area contributed by atoms with Crippen LogP contribution in [0.5, 0.6) is 0 Å². The van der Waals surface area contributed by atoms with Crippen LogP contribution in [0.4, 0.5) is 5.69 Å². The van der Waals surface area contributed by atoms with Crippen LogP contribution in [0.1, 0.15) is 5.69 Å². The highest BCUT2D eigenvalue weighted by Gasteiger charge is 2.03. The third-order valence-electron chi connectivity index (χ3n) is 2.20. The van der Waals surface area contributed by atoms with Crippen molar-refractivity contribution in [3.63, 3.8) is 0 Å². The molecule has 1 aromatic carbocycles. The quantitative estimate of drug-likeness (QED) is 0.919. The third kappa shape index (κ3) is 2.46. The fourth-order valence-corrected chi connectivity index (χ4v) is 1.65. The molecule has 4 nitrogen and oxygen atoms in total. The van der Waals surface area contributed by atoms with E-state index in [1.54, 1.807) is 29.1 Å². The molecule has 0 aliphatic heterocycles. The van der Waals surface area contributed by atoms with E-state index in [1.807, 2.05) is 7.05 Å². The SMILES string of the molecule is Cn1nncc1CNc1cc(Cl)ccc1Cl. The fraction of sp³-hybridized carbons (Fsp3) is 0.200. The molecule has 0 aliphatic carbocycles. The van der Waals surface area contributed by atoms with Gasteiger partial charge < -0.3 is 5.32 Å². The van der Waals surface area contributed by atoms with E-state index in [9.17, 15) is 0 Å². The molecule has 0 amide bonds. The summed E-state index contributed by atoms with van der Waals surface area (Å²) in [4.78, 5) is 0. The van der Waals surface area contributed by atoms with Gasteiger partial charge in [-0.15, -0.1) is 5.10 Å². The smallest absolute Gasteiger partial charge is 0.0774 e. The van der Waals surface area contributed by atoms with Gasteiger partial charge in [0.15, 0.2) is 0 Å². The van der Waals surface area contributed by atoms with Crippen molar-refractivity contribution in [3.8, 4) is 0 Å². The van der Waals surface area contributed by atoms with E-state index in [4.69, 9.17) is 23.2 Å². The second-order valence-electron chi connectivity index (χ2n) is 3.33.